The molecule has 24 heavy (non-hydrogen) atoms. The molecule has 0 unspecified atom stereocenters. The van der Waals surface area contributed by atoms with E-state index in [2.05, 4.69) is 10.6 Å². The maximum atomic E-state index is 13.8. The summed E-state index contributed by atoms with van der Waals surface area (Å²) in [4.78, 5) is 12.2. The molecule has 3 rings (SSSR count). The highest BCUT2D eigenvalue weighted by atomic mass is 19.1. The first kappa shape index (κ1) is 16.3. The minimum absolute atomic E-state index is 0.142. The second kappa shape index (κ2) is 6.88. The van der Waals surface area contributed by atoms with Crippen molar-refractivity contribution < 1.29 is 19.0 Å². The van der Waals surface area contributed by atoms with Gasteiger partial charge in [0.1, 0.15) is 0 Å². The van der Waals surface area contributed by atoms with Crippen LogP contribution in [-0.4, -0.2) is 23.8 Å². The Hall–Kier alpha value is -2.60. The van der Waals surface area contributed by atoms with Crippen molar-refractivity contribution >= 4 is 11.7 Å². The fraction of sp³-hybridized carbons (Fsp3) is 0.278. The number of halogens is 1. The zero-order valence-corrected chi connectivity index (χ0v) is 13.3. The Morgan fingerprint density at radius 2 is 2.12 bits per heavy atom. The van der Waals surface area contributed by atoms with Crippen LogP contribution in [0.15, 0.2) is 42.5 Å². The Kier molecular flexibility index (Phi) is 4.66. The van der Waals surface area contributed by atoms with Gasteiger partial charge in [0.05, 0.1) is 18.8 Å². The molecule has 0 radical (unpaired) electrons. The number of aliphatic hydroxyl groups is 1. The van der Waals surface area contributed by atoms with Gasteiger partial charge in [-0.05, 0) is 30.2 Å². The highest BCUT2D eigenvalue weighted by Gasteiger charge is 2.31. The number of anilines is 1. The Morgan fingerprint density at radius 1 is 1.33 bits per heavy atom. The van der Waals surface area contributed by atoms with E-state index in [1.807, 2.05) is 24.3 Å². The lowest BCUT2D eigenvalue weighted by atomic mass is 10.1. The molecule has 1 aliphatic rings. The summed E-state index contributed by atoms with van der Waals surface area (Å²) in [6.45, 7) is 2.13. The maximum Gasteiger partial charge on any atom is 0.319 e. The van der Waals surface area contributed by atoms with Gasteiger partial charge in [-0.2, -0.15) is 0 Å². The first-order chi connectivity index (χ1) is 11.6. The van der Waals surface area contributed by atoms with E-state index in [4.69, 9.17) is 4.74 Å². The Balaban J connectivity index is 1.67. The van der Waals surface area contributed by atoms with Crippen LogP contribution in [-0.2, 0) is 6.42 Å². The number of hydrogen-bond donors (Lipinski definition) is 3. The lowest BCUT2D eigenvalue weighted by molar-refractivity contribution is 0.144. The highest BCUT2D eigenvalue weighted by Crippen LogP contribution is 2.31. The lowest BCUT2D eigenvalue weighted by Crippen LogP contribution is -2.36. The monoisotopic (exact) mass is 330 g/mol. The van der Waals surface area contributed by atoms with Crippen molar-refractivity contribution in [3.05, 3.63) is 59.4 Å². The highest BCUT2D eigenvalue weighted by molar-refractivity contribution is 5.89. The molecule has 0 aliphatic heterocycles. The van der Waals surface area contributed by atoms with Crippen LogP contribution >= 0.6 is 0 Å². The molecule has 0 saturated heterocycles. The number of fused-ring (bicyclic) bond motifs is 1. The summed E-state index contributed by atoms with van der Waals surface area (Å²) in [5.74, 6) is -0.399. The van der Waals surface area contributed by atoms with E-state index in [-0.39, 0.29) is 5.75 Å². The second-order valence-electron chi connectivity index (χ2n) is 5.62. The summed E-state index contributed by atoms with van der Waals surface area (Å²) in [6, 6.07) is 10.8. The van der Waals surface area contributed by atoms with Gasteiger partial charge in [0.15, 0.2) is 11.6 Å². The Morgan fingerprint density at radius 3 is 2.88 bits per heavy atom. The fourth-order valence-corrected chi connectivity index (χ4v) is 2.91. The Bertz CT molecular complexity index is 751. The van der Waals surface area contributed by atoms with Crippen molar-refractivity contribution in [2.45, 2.75) is 25.5 Å². The van der Waals surface area contributed by atoms with Crippen molar-refractivity contribution in [3.8, 4) is 5.75 Å². The fourth-order valence-electron chi connectivity index (χ4n) is 2.91. The van der Waals surface area contributed by atoms with E-state index in [0.717, 1.165) is 11.1 Å². The van der Waals surface area contributed by atoms with E-state index in [1.54, 1.807) is 13.0 Å². The zero-order chi connectivity index (χ0) is 17.1. The van der Waals surface area contributed by atoms with Crippen LogP contribution in [0.4, 0.5) is 14.9 Å². The predicted octanol–water partition coefficient (Wildman–Crippen LogP) is 3.00. The van der Waals surface area contributed by atoms with E-state index in [0.29, 0.717) is 18.7 Å². The van der Waals surface area contributed by atoms with Crippen molar-refractivity contribution in [1.29, 1.82) is 0 Å². The van der Waals surface area contributed by atoms with Gasteiger partial charge < -0.3 is 20.5 Å². The number of amides is 2. The van der Waals surface area contributed by atoms with Crippen LogP contribution in [0.5, 0.6) is 5.75 Å². The van der Waals surface area contributed by atoms with Gasteiger partial charge in [-0.25, -0.2) is 9.18 Å². The SMILES string of the molecule is CCOc1ccc(NC(=O)N[C@H]2c3ccccc3C[C@H]2O)cc1F. The number of ether oxygens (including phenoxy) is 1. The number of urea groups is 1. The molecule has 3 N–H and O–H groups in total. The summed E-state index contributed by atoms with van der Waals surface area (Å²) in [5.41, 5.74) is 2.23. The van der Waals surface area contributed by atoms with Gasteiger partial charge in [-0.1, -0.05) is 24.3 Å². The number of rotatable bonds is 4. The number of aliphatic hydroxyl groups excluding tert-OH is 1. The normalized spacial score (nSPS) is 18.8. The van der Waals surface area contributed by atoms with Gasteiger partial charge >= 0.3 is 6.03 Å². The average molecular weight is 330 g/mol. The average Bonchev–Trinajstić information content (AvgIpc) is 2.86. The van der Waals surface area contributed by atoms with Gasteiger partial charge in [0.2, 0.25) is 0 Å². The van der Waals surface area contributed by atoms with E-state index < -0.39 is 24.0 Å². The van der Waals surface area contributed by atoms with Crippen LogP contribution in [0.3, 0.4) is 0 Å². The van der Waals surface area contributed by atoms with Gasteiger partial charge in [-0.15, -0.1) is 0 Å². The molecule has 0 heterocycles. The standard InChI is InChI=1S/C18H19FN2O3/c1-2-24-16-8-7-12(10-14(16)19)20-18(23)21-17-13-6-4-3-5-11(13)9-15(17)22/h3-8,10,15,17,22H,2,9H2,1H3,(H2,20,21,23)/t15-,17+/m1/s1. The molecule has 2 aromatic carbocycles. The molecule has 6 heteroatoms. The quantitative estimate of drug-likeness (QED) is 0.807. The van der Waals surface area contributed by atoms with Crippen LogP contribution in [0.2, 0.25) is 0 Å². The molecule has 0 spiro atoms. The number of carbonyl (C=O) groups is 1. The second-order valence-corrected chi connectivity index (χ2v) is 5.62. The molecule has 0 saturated carbocycles. The molecule has 126 valence electrons. The summed E-state index contributed by atoms with van der Waals surface area (Å²) in [7, 11) is 0. The van der Waals surface area contributed by atoms with E-state index in [9.17, 15) is 14.3 Å². The van der Waals surface area contributed by atoms with Crippen LogP contribution in [0.25, 0.3) is 0 Å². The van der Waals surface area contributed by atoms with Gasteiger partial charge in [0, 0.05) is 18.2 Å². The minimum Gasteiger partial charge on any atom is -0.491 e. The summed E-state index contributed by atoms with van der Waals surface area (Å²) >= 11 is 0. The molecule has 2 atom stereocenters. The third-order valence-electron chi connectivity index (χ3n) is 3.98. The van der Waals surface area contributed by atoms with Gasteiger partial charge in [0.25, 0.3) is 0 Å². The molecule has 0 bridgehead atoms. The number of hydrogen-bond acceptors (Lipinski definition) is 3. The first-order valence-corrected chi connectivity index (χ1v) is 7.84. The number of nitrogens with one attached hydrogen (secondary N) is 2. The topological polar surface area (TPSA) is 70.6 Å². The molecular formula is C18H19FN2O3. The zero-order valence-electron chi connectivity index (χ0n) is 13.3. The molecular weight excluding hydrogens is 311 g/mol. The van der Waals surface area contributed by atoms with Crippen LogP contribution < -0.4 is 15.4 Å². The summed E-state index contributed by atoms with van der Waals surface area (Å²) in [6.07, 6.45) is -0.177. The third kappa shape index (κ3) is 3.33. The number of benzene rings is 2. The smallest absolute Gasteiger partial charge is 0.319 e. The van der Waals surface area contributed by atoms with E-state index in [1.165, 1.54) is 12.1 Å². The molecule has 0 aromatic heterocycles. The molecule has 1 aliphatic carbocycles. The van der Waals surface area contributed by atoms with Crippen molar-refractivity contribution in [2.24, 2.45) is 0 Å². The third-order valence-corrected chi connectivity index (χ3v) is 3.98. The Labute approximate surface area is 139 Å². The molecule has 2 aromatic rings. The van der Waals surface area contributed by atoms with Crippen molar-refractivity contribution in [2.75, 3.05) is 11.9 Å². The summed E-state index contributed by atoms with van der Waals surface area (Å²) in [5, 5.41) is 15.5. The van der Waals surface area contributed by atoms with Gasteiger partial charge in [-0.3, -0.25) is 0 Å². The van der Waals surface area contributed by atoms with Crippen molar-refractivity contribution in [3.63, 3.8) is 0 Å². The molecule has 0 fully saturated rings. The largest absolute Gasteiger partial charge is 0.491 e. The predicted molar refractivity (Wildman–Crippen MR) is 88.6 cm³/mol. The number of carbonyl (C=O) groups excluding carboxylic acids is 1. The minimum atomic E-state index is -0.676. The van der Waals surface area contributed by atoms with Crippen molar-refractivity contribution in [1.82, 2.24) is 5.32 Å². The lowest BCUT2D eigenvalue weighted by Gasteiger charge is -2.18. The van der Waals surface area contributed by atoms with Crippen LogP contribution in [0, 0.1) is 5.82 Å². The summed E-state index contributed by atoms with van der Waals surface area (Å²) < 4.78 is 18.9. The first-order valence-electron chi connectivity index (χ1n) is 7.84. The van der Waals surface area contributed by atoms with Crippen LogP contribution in [0.1, 0.15) is 24.1 Å². The maximum absolute atomic E-state index is 13.8. The molecule has 2 amide bonds. The van der Waals surface area contributed by atoms with E-state index >= 15 is 0 Å². The molecule has 5 nitrogen and oxygen atoms in total.